The van der Waals surface area contributed by atoms with E-state index in [1.807, 2.05) is 38.0 Å². The van der Waals surface area contributed by atoms with E-state index in [-0.39, 0.29) is 30.1 Å². The van der Waals surface area contributed by atoms with Crippen molar-refractivity contribution >= 4 is 62.0 Å². The van der Waals surface area contributed by atoms with Crippen LogP contribution in [-0.2, 0) is 20.7 Å². The lowest BCUT2D eigenvalue weighted by molar-refractivity contribution is -0.119. The highest BCUT2D eigenvalue weighted by Gasteiger charge is 2.36. The number of carbonyl (C=O) groups excluding carboxylic acids is 2. The van der Waals surface area contributed by atoms with E-state index in [0.29, 0.717) is 52.9 Å². The lowest BCUT2D eigenvalue weighted by atomic mass is 10.0. The molecule has 2 fully saturated rings. The van der Waals surface area contributed by atoms with Gasteiger partial charge in [-0.3, -0.25) is 4.79 Å². The number of rotatable bonds is 6. The summed E-state index contributed by atoms with van der Waals surface area (Å²) in [6.45, 7) is 7.21. The van der Waals surface area contributed by atoms with Crippen molar-refractivity contribution in [2.45, 2.75) is 75.6 Å². The molecule has 2 aliphatic heterocycles. The Morgan fingerprint density at radius 3 is 2.60 bits per heavy atom. The zero-order chi connectivity index (χ0) is 31.5. The molecule has 2 saturated heterocycles. The van der Waals surface area contributed by atoms with Crippen LogP contribution >= 0.6 is 27.7 Å². The van der Waals surface area contributed by atoms with Gasteiger partial charge in [0.2, 0.25) is 6.41 Å². The van der Waals surface area contributed by atoms with Crippen LogP contribution < -0.4 is 0 Å². The van der Waals surface area contributed by atoms with Gasteiger partial charge in [-0.1, -0.05) is 0 Å². The molecule has 0 saturated carbocycles. The van der Waals surface area contributed by atoms with Crippen LogP contribution in [0.2, 0.25) is 0 Å². The standard InChI is InChI=1S/C29H33BrFN5O3S.C2H6O/c1-29(2,3)39-28(38)34-12-9-18(15-34)36-22(21-8-6-11-35(21)16-37)14-20-26(36)19-13-17(7-5-10-32)23(30)24(31)25(19)33-27(20)40-4;1-3-2/h13-14,16,18,21H,5-9,11-12,15H2,1-4H3;1-2H3. The third kappa shape index (κ3) is 6.79. The molecule has 0 bridgehead atoms. The summed E-state index contributed by atoms with van der Waals surface area (Å²) in [6.07, 6.45) is 5.56. The number of halogens is 2. The quantitative estimate of drug-likeness (QED) is 0.205. The van der Waals surface area contributed by atoms with Crippen LogP contribution in [0.3, 0.4) is 0 Å². The number of amides is 2. The molecular weight excluding hydrogens is 637 g/mol. The van der Waals surface area contributed by atoms with Crippen molar-refractivity contribution < 1.29 is 23.5 Å². The number of aryl methyl sites for hydroxylation is 1. The van der Waals surface area contributed by atoms with Gasteiger partial charge in [0.15, 0.2) is 5.82 Å². The first-order valence-electron chi connectivity index (χ1n) is 14.3. The fourth-order valence-corrected chi connectivity index (χ4v) is 7.02. The number of aromatic nitrogens is 2. The molecule has 2 atom stereocenters. The van der Waals surface area contributed by atoms with Crippen molar-refractivity contribution in [2.24, 2.45) is 0 Å². The number of nitrogens with zero attached hydrogens (tertiary/aromatic N) is 5. The number of hydrogen-bond donors (Lipinski definition) is 0. The molecule has 5 rings (SSSR count). The van der Waals surface area contributed by atoms with Gasteiger partial charge in [-0.2, -0.15) is 5.26 Å². The topological polar surface area (TPSA) is 101 Å². The predicted molar refractivity (Wildman–Crippen MR) is 170 cm³/mol. The molecule has 0 radical (unpaired) electrons. The van der Waals surface area contributed by atoms with Crippen LogP contribution in [0.25, 0.3) is 21.8 Å². The average molecular weight is 677 g/mol. The molecule has 2 amide bonds. The Morgan fingerprint density at radius 2 is 1.98 bits per heavy atom. The summed E-state index contributed by atoms with van der Waals surface area (Å²) >= 11 is 4.86. The van der Waals surface area contributed by atoms with E-state index < -0.39 is 11.4 Å². The second-order valence-corrected chi connectivity index (χ2v) is 13.4. The fourth-order valence-electron chi connectivity index (χ4n) is 5.96. The van der Waals surface area contributed by atoms with Gasteiger partial charge in [-0.25, -0.2) is 14.2 Å². The number of nitriles is 1. The van der Waals surface area contributed by atoms with Crippen molar-refractivity contribution in [2.75, 3.05) is 40.1 Å². The Hall–Kier alpha value is -2.88. The number of carbonyl (C=O) groups is 2. The number of thioether (sulfide) groups is 1. The van der Waals surface area contributed by atoms with Gasteiger partial charge < -0.3 is 23.8 Å². The first-order valence-corrected chi connectivity index (χ1v) is 16.4. The molecule has 9 nitrogen and oxygen atoms in total. The summed E-state index contributed by atoms with van der Waals surface area (Å²) < 4.78 is 28.3. The minimum absolute atomic E-state index is 0.0938. The minimum atomic E-state index is -0.603. The molecule has 2 aromatic heterocycles. The Bertz CT molecular complexity index is 1550. The third-order valence-corrected chi connectivity index (χ3v) is 9.23. The zero-order valence-electron chi connectivity index (χ0n) is 25.6. The molecule has 0 aliphatic carbocycles. The predicted octanol–water partition coefficient (Wildman–Crippen LogP) is 7.01. The highest BCUT2D eigenvalue weighted by Crippen LogP contribution is 2.44. The van der Waals surface area contributed by atoms with Crippen molar-refractivity contribution in [3.8, 4) is 6.07 Å². The van der Waals surface area contributed by atoms with Crippen LogP contribution in [0, 0.1) is 17.1 Å². The number of benzene rings is 1. The molecule has 0 N–H and O–H groups in total. The number of fused-ring (bicyclic) bond motifs is 3. The zero-order valence-corrected chi connectivity index (χ0v) is 28.0. The summed E-state index contributed by atoms with van der Waals surface area (Å²) in [7, 11) is 3.25. The largest absolute Gasteiger partial charge is 0.444 e. The second kappa shape index (κ2) is 13.8. The van der Waals surface area contributed by atoms with E-state index in [4.69, 9.17) is 9.72 Å². The van der Waals surface area contributed by atoms with Crippen LogP contribution in [0.15, 0.2) is 21.6 Å². The SMILES string of the molecule is COC.CSc1nc2c(F)c(Br)c(CCC#N)cc2c2c1cc(C1CCCN1C=O)n2C1CCN(C(=O)OC(C)(C)C)C1. The Labute approximate surface area is 264 Å². The maximum Gasteiger partial charge on any atom is 0.410 e. The number of likely N-dealkylation sites (tertiary alicyclic amines) is 2. The molecular formula is C31H39BrFN5O4S. The molecule has 2 unspecified atom stereocenters. The van der Waals surface area contributed by atoms with Crippen molar-refractivity contribution in [3.05, 3.63) is 33.7 Å². The second-order valence-electron chi connectivity index (χ2n) is 11.8. The van der Waals surface area contributed by atoms with Gasteiger partial charge in [-0.05, 0) is 86.3 Å². The lowest BCUT2D eigenvalue weighted by Crippen LogP contribution is -2.35. The molecule has 0 spiro atoms. The van der Waals surface area contributed by atoms with Gasteiger partial charge in [0.25, 0.3) is 0 Å². The van der Waals surface area contributed by atoms with Crippen LogP contribution in [-0.4, -0.2) is 77.6 Å². The van der Waals surface area contributed by atoms with Gasteiger partial charge in [0, 0.05) is 56.7 Å². The first kappa shape index (κ1) is 33.0. The molecule has 12 heteroatoms. The summed E-state index contributed by atoms with van der Waals surface area (Å²) in [5.74, 6) is -0.450. The third-order valence-electron chi connectivity index (χ3n) is 7.67. The van der Waals surface area contributed by atoms with Crippen molar-refractivity contribution in [3.63, 3.8) is 0 Å². The normalized spacial score (nSPS) is 18.6. The van der Waals surface area contributed by atoms with Crippen LogP contribution in [0.1, 0.15) is 69.8 Å². The molecule has 232 valence electrons. The number of hydrogen-bond acceptors (Lipinski definition) is 7. The summed E-state index contributed by atoms with van der Waals surface area (Å²) in [4.78, 5) is 33.3. The lowest BCUT2D eigenvalue weighted by Gasteiger charge is -2.27. The smallest absolute Gasteiger partial charge is 0.410 e. The van der Waals surface area contributed by atoms with Gasteiger partial charge >= 0.3 is 6.09 Å². The highest BCUT2D eigenvalue weighted by atomic mass is 79.9. The average Bonchev–Trinajstić information content (AvgIpc) is 3.71. The molecule has 4 heterocycles. The first-order chi connectivity index (χ1) is 20.5. The van der Waals surface area contributed by atoms with Gasteiger partial charge in [-0.15, -0.1) is 11.8 Å². The summed E-state index contributed by atoms with van der Waals surface area (Å²) in [5.41, 5.74) is 2.19. The minimum Gasteiger partial charge on any atom is -0.444 e. The van der Waals surface area contributed by atoms with Gasteiger partial charge in [0.05, 0.1) is 28.1 Å². The maximum atomic E-state index is 15.9. The van der Waals surface area contributed by atoms with E-state index in [1.54, 1.807) is 19.1 Å². The Kier molecular flexibility index (Phi) is 10.6. The number of pyridine rings is 1. The maximum absolute atomic E-state index is 15.9. The number of methoxy groups -OCH3 is 1. The highest BCUT2D eigenvalue weighted by molar-refractivity contribution is 9.10. The van der Waals surface area contributed by atoms with E-state index >= 15 is 4.39 Å². The van der Waals surface area contributed by atoms with E-state index in [1.165, 1.54) is 11.8 Å². The van der Waals surface area contributed by atoms with E-state index in [0.717, 1.165) is 35.8 Å². The monoisotopic (exact) mass is 675 g/mol. The van der Waals surface area contributed by atoms with E-state index in [9.17, 15) is 14.9 Å². The Morgan fingerprint density at radius 1 is 1.26 bits per heavy atom. The summed E-state index contributed by atoms with van der Waals surface area (Å²) in [5, 5.41) is 11.5. The molecule has 43 heavy (non-hydrogen) atoms. The van der Waals surface area contributed by atoms with Crippen LogP contribution in [0.5, 0.6) is 0 Å². The van der Waals surface area contributed by atoms with E-state index in [2.05, 4.69) is 37.4 Å². The number of ether oxygens (including phenoxy) is 2. The summed E-state index contributed by atoms with van der Waals surface area (Å²) in [6, 6.07) is 5.97. The van der Waals surface area contributed by atoms with Crippen molar-refractivity contribution in [1.82, 2.24) is 19.4 Å². The molecule has 2 aliphatic rings. The Balaban J connectivity index is 0.00000135. The molecule has 3 aromatic rings. The van der Waals surface area contributed by atoms with Crippen LogP contribution in [0.4, 0.5) is 9.18 Å². The fraction of sp³-hybridized carbons (Fsp3) is 0.548. The van der Waals surface area contributed by atoms with Crippen molar-refractivity contribution in [1.29, 1.82) is 5.26 Å². The van der Waals surface area contributed by atoms with Gasteiger partial charge in [0.1, 0.15) is 16.1 Å². The molecule has 1 aromatic carbocycles.